The number of Topliss-reactive ketones (excluding diaryl/α,β-unsaturated/α-hetero) is 2. The average molecular weight is 342 g/mol. The molecule has 0 fully saturated rings. The molecule has 130 valence electrons. The van der Waals surface area contributed by atoms with E-state index in [-0.39, 0.29) is 24.8 Å². The van der Waals surface area contributed by atoms with Crippen molar-refractivity contribution in [2.24, 2.45) is 0 Å². The van der Waals surface area contributed by atoms with Gasteiger partial charge in [-0.2, -0.15) is 0 Å². The first kappa shape index (κ1) is 18.2. The lowest BCUT2D eigenvalue weighted by molar-refractivity contribution is -0.144. The molecule has 0 radical (unpaired) electrons. The van der Waals surface area contributed by atoms with Crippen LogP contribution in [0.25, 0.3) is 0 Å². The van der Waals surface area contributed by atoms with Crippen molar-refractivity contribution in [3.63, 3.8) is 0 Å². The second-order valence-electron chi connectivity index (χ2n) is 5.16. The Kier molecular flexibility index (Phi) is 6.28. The normalized spacial score (nSPS) is 10.0. The molecule has 0 saturated carbocycles. The fourth-order valence-electron chi connectivity index (χ4n) is 2.04. The van der Waals surface area contributed by atoms with Crippen molar-refractivity contribution < 1.29 is 28.6 Å². The van der Waals surface area contributed by atoms with Crippen LogP contribution in [-0.4, -0.2) is 37.9 Å². The fourth-order valence-corrected chi connectivity index (χ4v) is 2.04. The number of rotatable bonds is 8. The molecule has 0 N–H and O–H groups in total. The van der Waals surface area contributed by atoms with Crippen molar-refractivity contribution in [3.8, 4) is 11.5 Å². The minimum atomic E-state index is -0.679. The monoisotopic (exact) mass is 342 g/mol. The van der Waals surface area contributed by atoms with Gasteiger partial charge in [-0.3, -0.25) is 9.59 Å². The van der Waals surface area contributed by atoms with Crippen molar-refractivity contribution in [2.75, 3.05) is 20.3 Å². The third-order valence-electron chi connectivity index (χ3n) is 3.38. The van der Waals surface area contributed by atoms with Gasteiger partial charge in [0.1, 0.15) is 0 Å². The second kappa shape index (κ2) is 8.63. The summed E-state index contributed by atoms with van der Waals surface area (Å²) in [6.45, 7) is 0.709. The topological polar surface area (TPSA) is 78.9 Å². The quantitative estimate of drug-likeness (QED) is 0.542. The highest BCUT2D eigenvalue weighted by Gasteiger charge is 2.13. The van der Waals surface area contributed by atoms with E-state index in [2.05, 4.69) is 0 Å². The molecule has 6 heteroatoms. The molecule has 6 nitrogen and oxygen atoms in total. The van der Waals surface area contributed by atoms with Gasteiger partial charge in [0.05, 0.1) is 7.11 Å². The van der Waals surface area contributed by atoms with Crippen LogP contribution >= 0.6 is 0 Å². The van der Waals surface area contributed by atoms with Crippen LogP contribution in [0, 0.1) is 0 Å². The molecule has 0 aliphatic heterocycles. The van der Waals surface area contributed by atoms with Gasteiger partial charge in [-0.15, -0.1) is 0 Å². The Hall–Kier alpha value is -3.15. The van der Waals surface area contributed by atoms with E-state index in [0.29, 0.717) is 22.6 Å². The van der Waals surface area contributed by atoms with E-state index >= 15 is 0 Å². The molecule has 2 aromatic rings. The summed E-state index contributed by atoms with van der Waals surface area (Å²) in [5, 5.41) is 0. The van der Waals surface area contributed by atoms with Crippen LogP contribution in [0.15, 0.2) is 48.5 Å². The van der Waals surface area contributed by atoms with Crippen LogP contribution in [0.2, 0.25) is 0 Å². The molecular weight excluding hydrogens is 324 g/mol. The summed E-state index contributed by atoms with van der Waals surface area (Å²) in [6.07, 6.45) is 0. The predicted molar refractivity (Wildman–Crippen MR) is 90.2 cm³/mol. The van der Waals surface area contributed by atoms with Gasteiger partial charge in [-0.25, -0.2) is 4.79 Å². The maximum Gasteiger partial charge on any atom is 0.344 e. The van der Waals surface area contributed by atoms with Crippen molar-refractivity contribution in [1.82, 2.24) is 0 Å². The van der Waals surface area contributed by atoms with E-state index in [9.17, 15) is 14.4 Å². The Morgan fingerprint density at radius 2 is 1.60 bits per heavy atom. The number of carbonyl (C=O) groups is 3. The lowest BCUT2D eigenvalue weighted by Crippen LogP contribution is -2.19. The molecular formula is C19H18O6. The van der Waals surface area contributed by atoms with E-state index in [4.69, 9.17) is 14.2 Å². The zero-order valence-electron chi connectivity index (χ0n) is 14.0. The molecule has 0 saturated heterocycles. The van der Waals surface area contributed by atoms with Crippen molar-refractivity contribution >= 4 is 17.5 Å². The summed E-state index contributed by atoms with van der Waals surface area (Å²) in [4.78, 5) is 34.9. The summed E-state index contributed by atoms with van der Waals surface area (Å²) >= 11 is 0. The van der Waals surface area contributed by atoms with Crippen molar-refractivity contribution in [3.05, 3.63) is 59.7 Å². The molecule has 0 bridgehead atoms. The van der Waals surface area contributed by atoms with Gasteiger partial charge < -0.3 is 14.2 Å². The highest BCUT2D eigenvalue weighted by atomic mass is 16.6. The maximum atomic E-state index is 11.9. The van der Waals surface area contributed by atoms with Gasteiger partial charge in [0, 0.05) is 11.1 Å². The number of carbonyl (C=O) groups excluding carboxylic acids is 3. The number of methoxy groups -OCH3 is 1. The van der Waals surface area contributed by atoms with Crippen LogP contribution in [0.5, 0.6) is 11.5 Å². The van der Waals surface area contributed by atoms with Crippen LogP contribution in [0.1, 0.15) is 27.6 Å². The van der Waals surface area contributed by atoms with Gasteiger partial charge in [0.15, 0.2) is 36.3 Å². The summed E-state index contributed by atoms with van der Waals surface area (Å²) in [7, 11) is 1.43. The molecule has 0 aliphatic rings. The van der Waals surface area contributed by atoms with Gasteiger partial charge in [0.25, 0.3) is 0 Å². The fraction of sp³-hybridized carbons (Fsp3) is 0.211. The van der Waals surface area contributed by atoms with E-state index in [1.54, 1.807) is 36.4 Å². The van der Waals surface area contributed by atoms with Gasteiger partial charge in [0.2, 0.25) is 0 Å². The van der Waals surface area contributed by atoms with E-state index in [1.807, 2.05) is 0 Å². The number of hydrogen-bond acceptors (Lipinski definition) is 6. The molecule has 0 spiro atoms. The Balaban J connectivity index is 1.87. The SMILES string of the molecule is COc1cc(C(C)=O)ccc1OCC(=O)OCC(=O)c1ccccc1. The van der Waals surface area contributed by atoms with Crippen LogP contribution in [0.3, 0.4) is 0 Å². The molecule has 25 heavy (non-hydrogen) atoms. The zero-order chi connectivity index (χ0) is 18.2. The first-order chi connectivity index (χ1) is 12.0. The Morgan fingerprint density at radius 1 is 0.880 bits per heavy atom. The average Bonchev–Trinajstić information content (AvgIpc) is 2.64. The zero-order valence-corrected chi connectivity index (χ0v) is 14.0. The predicted octanol–water partition coefficient (Wildman–Crippen LogP) is 2.70. The van der Waals surface area contributed by atoms with E-state index in [1.165, 1.54) is 26.2 Å². The summed E-state index contributed by atoms with van der Waals surface area (Å²) in [5.41, 5.74) is 0.943. The number of esters is 1. The molecule has 0 aromatic heterocycles. The number of hydrogen-bond donors (Lipinski definition) is 0. The lowest BCUT2D eigenvalue weighted by atomic mass is 10.1. The van der Waals surface area contributed by atoms with E-state index < -0.39 is 5.97 Å². The van der Waals surface area contributed by atoms with Crippen LogP contribution in [-0.2, 0) is 9.53 Å². The number of ketones is 2. The summed E-state index contributed by atoms with van der Waals surface area (Å²) in [6, 6.07) is 13.2. The minimum absolute atomic E-state index is 0.108. The summed E-state index contributed by atoms with van der Waals surface area (Å²) in [5.74, 6) is -0.442. The molecule has 0 heterocycles. The van der Waals surface area contributed by atoms with Crippen LogP contribution < -0.4 is 9.47 Å². The highest BCUT2D eigenvalue weighted by Crippen LogP contribution is 2.28. The third-order valence-corrected chi connectivity index (χ3v) is 3.38. The third kappa shape index (κ3) is 5.17. The largest absolute Gasteiger partial charge is 0.493 e. The van der Waals surface area contributed by atoms with Gasteiger partial charge in [-0.05, 0) is 25.1 Å². The minimum Gasteiger partial charge on any atom is -0.493 e. The first-order valence-electron chi connectivity index (χ1n) is 7.57. The van der Waals surface area contributed by atoms with Crippen molar-refractivity contribution in [1.29, 1.82) is 0 Å². The number of ether oxygens (including phenoxy) is 3. The second-order valence-corrected chi connectivity index (χ2v) is 5.16. The Labute approximate surface area is 145 Å². The smallest absolute Gasteiger partial charge is 0.344 e. The Bertz CT molecular complexity index is 767. The molecule has 0 amide bonds. The highest BCUT2D eigenvalue weighted by molar-refractivity contribution is 5.98. The molecule has 2 aromatic carbocycles. The van der Waals surface area contributed by atoms with Crippen molar-refractivity contribution in [2.45, 2.75) is 6.92 Å². The Morgan fingerprint density at radius 3 is 2.24 bits per heavy atom. The molecule has 2 rings (SSSR count). The lowest BCUT2D eigenvalue weighted by Gasteiger charge is -2.11. The molecule has 0 unspecified atom stereocenters. The van der Waals surface area contributed by atoms with Gasteiger partial charge >= 0.3 is 5.97 Å². The standard InChI is InChI=1S/C19H18O6/c1-13(20)15-8-9-17(18(10-15)23-2)24-12-19(22)25-11-16(21)14-6-4-3-5-7-14/h3-10H,11-12H2,1-2H3. The maximum absolute atomic E-state index is 11.9. The van der Waals surface area contributed by atoms with Gasteiger partial charge in [-0.1, -0.05) is 30.3 Å². The summed E-state index contributed by atoms with van der Waals surface area (Å²) < 4.78 is 15.4. The first-order valence-corrected chi connectivity index (χ1v) is 7.57. The number of benzene rings is 2. The molecule has 0 atom stereocenters. The van der Waals surface area contributed by atoms with Crippen LogP contribution in [0.4, 0.5) is 0 Å². The molecule has 0 aliphatic carbocycles. The van der Waals surface area contributed by atoms with E-state index in [0.717, 1.165) is 0 Å².